The van der Waals surface area contributed by atoms with Crippen LogP contribution in [0.5, 0.6) is 0 Å². The summed E-state index contributed by atoms with van der Waals surface area (Å²) in [5.41, 5.74) is 2.91. The molecule has 8 heteroatoms. The molecule has 0 bridgehead atoms. The quantitative estimate of drug-likeness (QED) is 0.798. The van der Waals surface area contributed by atoms with Gasteiger partial charge in [-0.25, -0.2) is 0 Å². The Morgan fingerprint density at radius 1 is 1.22 bits per heavy atom. The molecule has 0 radical (unpaired) electrons. The third-order valence-corrected chi connectivity index (χ3v) is 5.00. The Morgan fingerprint density at radius 3 is 2.70 bits per heavy atom. The summed E-state index contributed by atoms with van der Waals surface area (Å²) in [5.74, 6) is -0.364. The number of imide groups is 1. The molecule has 0 spiro atoms. The second-order valence-corrected chi connectivity index (χ2v) is 7.11. The second kappa shape index (κ2) is 6.31. The number of carbonyl (C=O) groups excluding carboxylic acids is 3. The van der Waals surface area contributed by atoms with Crippen molar-refractivity contribution in [2.45, 2.75) is 32.9 Å². The third kappa shape index (κ3) is 2.73. The number of benzene rings is 1. The highest BCUT2D eigenvalue weighted by Gasteiger charge is 2.37. The van der Waals surface area contributed by atoms with Crippen molar-refractivity contribution in [2.24, 2.45) is 7.05 Å². The zero-order valence-corrected chi connectivity index (χ0v) is 15.5. The monoisotopic (exact) mass is 367 g/mol. The van der Waals surface area contributed by atoms with Gasteiger partial charge in [-0.05, 0) is 32.0 Å². The molecule has 0 fully saturated rings. The molecule has 0 saturated heterocycles. The zero-order valence-electron chi connectivity index (χ0n) is 15.5. The fourth-order valence-corrected chi connectivity index (χ4v) is 3.64. The van der Waals surface area contributed by atoms with E-state index in [0.29, 0.717) is 23.5 Å². The summed E-state index contributed by atoms with van der Waals surface area (Å²) < 4.78 is 1.66. The van der Waals surface area contributed by atoms with Crippen molar-refractivity contribution >= 4 is 23.5 Å². The van der Waals surface area contributed by atoms with E-state index >= 15 is 0 Å². The van der Waals surface area contributed by atoms with Crippen LogP contribution in [0.25, 0.3) is 0 Å². The zero-order chi connectivity index (χ0) is 19.3. The van der Waals surface area contributed by atoms with Crippen LogP contribution in [-0.4, -0.2) is 45.0 Å². The average molecular weight is 367 g/mol. The summed E-state index contributed by atoms with van der Waals surface area (Å²) in [7, 11) is 1.79. The Balaban J connectivity index is 1.63. The molecule has 2 aliphatic heterocycles. The molecular weight excluding hydrogens is 346 g/mol. The summed E-state index contributed by atoms with van der Waals surface area (Å²) in [6.07, 6.45) is 0.819. The van der Waals surface area contributed by atoms with E-state index in [1.165, 1.54) is 11.0 Å². The molecule has 2 aromatic rings. The highest BCUT2D eigenvalue weighted by molar-refractivity contribution is 6.22. The van der Waals surface area contributed by atoms with E-state index < -0.39 is 0 Å². The van der Waals surface area contributed by atoms with Gasteiger partial charge in [0.1, 0.15) is 5.82 Å². The lowest BCUT2D eigenvalue weighted by Gasteiger charge is -2.17. The van der Waals surface area contributed by atoms with Crippen LogP contribution in [0.3, 0.4) is 0 Å². The van der Waals surface area contributed by atoms with Crippen LogP contribution in [0.15, 0.2) is 18.2 Å². The van der Waals surface area contributed by atoms with Crippen molar-refractivity contribution in [2.75, 3.05) is 11.9 Å². The largest absolute Gasteiger partial charge is 0.312 e. The van der Waals surface area contributed by atoms with Crippen LogP contribution >= 0.6 is 0 Å². The highest BCUT2D eigenvalue weighted by atomic mass is 16.2. The fourth-order valence-electron chi connectivity index (χ4n) is 3.64. The molecule has 1 aromatic carbocycles. The first kappa shape index (κ1) is 17.4. The number of anilines is 1. The van der Waals surface area contributed by atoms with Crippen LogP contribution in [0, 0.1) is 0 Å². The second-order valence-electron chi connectivity index (χ2n) is 7.11. The molecule has 2 N–H and O–H groups in total. The van der Waals surface area contributed by atoms with Crippen LogP contribution < -0.4 is 10.6 Å². The van der Waals surface area contributed by atoms with Crippen LogP contribution in [0.1, 0.15) is 56.2 Å². The van der Waals surface area contributed by atoms with E-state index in [0.717, 1.165) is 24.2 Å². The van der Waals surface area contributed by atoms with Gasteiger partial charge in [-0.2, -0.15) is 5.10 Å². The number of amides is 3. The number of aromatic nitrogens is 2. The summed E-state index contributed by atoms with van der Waals surface area (Å²) in [4.78, 5) is 38.9. The number of hydrogen-bond acceptors (Lipinski definition) is 5. The number of aryl methyl sites for hydroxylation is 1. The maximum Gasteiger partial charge on any atom is 0.261 e. The lowest BCUT2D eigenvalue weighted by Crippen LogP contribution is -2.35. The maximum absolute atomic E-state index is 12.8. The van der Waals surface area contributed by atoms with Crippen molar-refractivity contribution < 1.29 is 14.4 Å². The summed E-state index contributed by atoms with van der Waals surface area (Å²) in [6.45, 7) is 5.09. The van der Waals surface area contributed by atoms with Crippen molar-refractivity contribution in [1.29, 1.82) is 0 Å². The van der Waals surface area contributed by atoms with Crippen molar-refractivity contribution in [3.8, 4) is 0 Å². The lowest BCUT2D eigenvalue weighted by atomic mass is 10.0. The van der Waals surface area contributed by atoms with E-state index in [1.54, 1.807) is 37.7 Å². The number of carbonyl (C=O) groups is 3. The molecule has 8 nitrogen and oxygen atoms in total. The van der Waals surface area contributed by atoms with Gasteiger partial charge in [-0.3, -0.25) is 24.0 Å². The van der Waals surface area contributed by atoms with Gasteiger partial charge in [0.25, 0.3) is 17.7 Å². The summed E-state index contributed by atoms with van der Waals surface area (Å²) in [6, 6.07) is 4.38. The maximum atomic E-state index is 12.8. The number of fused-ring (bicyclic) bond motifs is 2. The third-order valence-electron chi connectivity index (χ3n) is 5.00. The average Bonchev–Trinajstić information content (AvgIpc) is 3.09. The van der Waals surface area contributed by atoms with E-state index in [9.17, 15) is 14.4 Å². The Morgan fingerprint density at radius 2 is 1.96 bits per heavy atom. The molecule has 0 atom stereocenters. The summed E-state index contributed by atoms with van der Waals surface area (Å²) >= 11 is 0. The van der Waals surface area contributed by atoms with E-state index in [-0.39, 0.29) is 29.3 Å². The molecular formula is C19H21N5O3. The first-order valence-corrected chi connectivity index (χ1v) is 8.97. The summed E-state index contributed by atoms with van der Waals surface area (Å²) in [5, 5.41) is 10.6. The normalized spacial score (nSPS) is 15.9. The van der Waals surface area contributed by atoms with Crippen LogP contribution in [0.2, 0.25) is 0 Å². The minimum absolute atomic E-state index is 0.233. The molecule has 0 unspecified atom stereocenters. The number of rotatable bonds is 3. The van der Waals surface area contributed by atoms with Gasteiger partial charge in [-0.15, -0.1) is 0 Å². The number of hydrogen-bond donors (Lipinski definition) is 2. The highest BCUT2D eigenvalue weighted by Crippen LogP contribution is 2.27. The molecule has 4 rings (SSSR count). The van der Waals surface area contributed by atoms with Crippen LogP contribution in [0.4, 0.5) is 5.82 Å². The molecule has 0 saturated carbocycles. The van der Waals surface area contributed by atoms with Gasteiger partial charge in [0.2, 0.25) is 0 Å². The molecule has 3 amide bonds. The van der Waals surface area contributed by atoms with Crippen molar-refractivity contribution in [1.82, 2.24) is 20.0 Å². The van der Waals surface area contributed by atoms with Gasteiger partial charge in [0.05, 0.1) is 16.8 Å². The van der Waals surface area contributed by atoms with Gasteiger partial charge >= 0.3 is 0 Å². The molecule has 0 aliphatic carbocycles. The SMILES string of the molecule is CC(C)N1C(=O)c2ccc(C(=O)Nc3c4c(nn3C)CCNC4)cc2C1=O. The number of nitrogens with zero attached hydrogens (tertiary/aromatic N) is 3. The minimum Gasteiger partial charge on any atom is -0.312 e. The standard InChI is InChI=1S/C19H21N5O3/c1-10(2)24-18(26)12-5-4-11(8-13(12)19(24)27)17(25)21-16-14-9-20-7-6-15(14)22-23(16)3/h4-5,8,10,20H,6-7,9H2,1-3H3,(H,21,25). The Hall–Kier alpha value is -3.00. The van der Waals surface area contributed by atoms with E-state index in [1.807, 2.05) is 0 Å². The molecule has 27 heavy (non-hydrogen) atoms. The van der Waals surface area contributed by atoms with Crippen molar-refractivity contribution in [3.05, 3.63) is 46.1 Å². The Bertz CT molecular complexity index is 976. The lowest BCUT2D eigenvalue weighted by molar-refractivity contribution is 0.0609. The number of nitrogens with one attached hydrogen (secondary N) is 2. The molecule has 3 heterocycles. The topological polar surface area (TPSA) is 96.3 Å². The van der Waals surface area contributed by atoms with E-state index in [4.69, 9.17) is 0 Å². The Kier molecular flexibility index (Phi) is 4.07. The fraction of sp³-hybridized carbons (Fsp3) is 0.368. The van der Waals surface area contributed by atoms with E-state index in [2.05, 4.69) is 15.7 Å². The Labute approximate surface area is 156 Å². The minimum atomic E-state index is -0.359. The smallest absolute Gasteiger partial charge is 0.261 e. The van der Waals surface area contributed by atoms with Gasteiger partial charge in [-0.1, -0.05) is 0 Å². The van der Waals surface area contributed by atoms with Gasteiger partial charge < -0.3 is 10.6 Å². The predicted octanol–water partition coefficient (Wildman–Crippen LogP) is 1.32. The predicted molar refractivity (Wildman–Crippen MR) is 98.6 cm³/mol. The first-order chi connectivity index (χ1) is 12.9. The molecule has 140 valence electrons. The first-order valence-electron chi connectivity index (χ1n) is 8.97. The molecule has 2 aliphatic rings. The van der Waals surface area contributed by atoms with Crippen molar-refractivity contribution in [3.63, 3.8) is 0 Å². The van der Waals surface area contributed by atoms with Gasteiger partial charge in [0.15, 0.2) is 0 Å². The van der Waals surface area contributed by atoms with Crippen LogP contribution in [-0.2, 0) is 20.0 Å². The van der Waals surface area contributed by atoms with Gasteiger partial charge in [0, 0.05) is 43.7 Å². The molecule has 1 aromatic heterocycles.